The Balaban J connectivity index is 2.35. The van der Waals surface area contributed by atoms with E-state index in [1.807, 2.05) is 11.4 Å². The van der Waals surface area contributed by atoms with Gasteiger partial charge in [-0.1, -0.05) is 6.07 Å². The minimum Gasteiger partial charge on any atom is -0.494 e. The van der Waals surface area contributed by atoms with Gasteiger partial charge in [-0.15, -0.1) is 11.3 Å². The number of halogens is 2. The lowest BCUT2D eigenvalue weighted by molar-refractivity contribution is 0.222. The molecule has 2 aromatic rings. The van der Waals surface area contributed by atoms with Gasteiger partial charge in [0.2, 0.25) is 0 Å². The standard InChI is InChI=1S/C12H10BrFO2S/c1-16-10-3-2-7(6-9(10)14)11(15)12-8(13)4-5-17-12/h2-6,11,15H,1H3. The molecule has 1 heterocycles. The molecule has 1 aromatic carbocycles. The zero-order valence-corrected chi connectivity index (χ0v) is 11.4. The van der Waals surface area contributed by atoms with Crippen molar-refractivity contribution in [2.75, 3.05) is 7.11 Å². The number of hydrogen-bond donors (Lipinski definition) is 1. The van der Waals surface area contributed by atoms with Crippen LogP contribution in [-0.4, -0.2) is 12.2 Å². The predicted octanol–water partition coefficient (Wildman–Crippen LogP) is 3.74. The van der Waals surface area contributed by atoms with Gasteiger partial charge in [0.05, 0.1) is 12.0 Å². The molecular weight excluding hydrogens is 307 g/mol. The summed E-state index contributed by atoms with van der Waals surface area (Å²) in [6, 6.07) is 6.30. The number of methoxy groups -OCH3 is 1. The molecule has 5 heteroatoms. The summed E-state index contributed by atoms with van der Waals surface area (Å²) >= 11 is 4.76. The van der Waals surface area contributed by atoms with Crippen molar-refractivity contribution in [3.05, 3.63) is 50.4 Å². The smallest absolute Gasteiger partial charge is 0.165 e. The molecular formula is C12H10BrFO2S. The molecule has 0 saturated heterocycles. The molecule has 0 bridgehead atoms. The van der Waals surface area contributed by atoms with E-state index in [0.29, 0.717) is 5.56 Å². The van der Waals surface area contributed by atoms with Gasteiger partial charge in [-0.3, -0.25) is 0 Å². The zero-order chi connectivity index (χ0) is 12.4. The third kappa shape index (κ3) is 2.51. The summed E-state index contributed by atoms with van der Waals surface area (Å²) in [5.41, 5.74) is 0.506. The number of aliphatic hydroxyl groups is 1. The van der Waals surface area contributed by atoms with Crippen molar-refractivity contribution in [3.8, 4) is 5.75 Å². The van der Waals surface area contributed by atoms with Gasteiger partial charge in [0.1, 0.15) is 6.10 Å². The van der Waals surface area contributed by atoms with Gasteiger partial charge >= 0.3 is 0 Å². The largest absolute Gasteiger partial charge is 0.494 e. The summed E-state index contributed by atoms with van der Waals surface area (Å²) in [4.78, 5) is 0.759. The highest BCUT2D eigenvalue weighted by molar-refractivity contribution is 9.10. The van der Waals surface area contributed by atoms with Crippen LogP contribution in [0.1, 0.15) is 16.5 Å². The van der Waals surface area contributed by atoms with E-state index in [1.165, 1.54) is 30.6 Å². The van der Waals surface area contributed by atoms with Crippen LogP contribution < -0.4 is 4.74 Å². The summed E-state index contributed by atoms with van der Waals surface area (Å²) in [6.07, 6.45) is -0.829. The van der Waals surface area contributed by atoms with Gasteiger partial charge in [-0.05, 0) is 45.1 Å². The number of thiophene rings is 1. The van der Waals surface area contributed by atoms with Crippen LogP contribution in [-0.2, 0) is 0 Å². The fourth-order valence-corrected chi connectivity index (χ4v) is 3.11. The van der Waals surface area contributed by atoms with Gasteiger partial charge < -0.3 is 9.84 Å². The maximum absolute atomic E-state index is 13.5. The summed E-state index contributed by atoms with van der Waals surface area (Å²) in [7, 11) is 1.41. The quantitative estimate of drug-likeness (QED) is 0.934. The monoisotopic (exact) mass is 316 g/mol. The minimum absolute atomic E-state index is 0.172. The Bertz CT molecular complexity index is 527. The summed E-state index contributed by atoms with van der Waals surface area (Å²) in [6.45, 7) is 0. The van der Waals surface area contributed by atoms with Crippen molar-refractivity contribution in [2.24, 2.45) is 0 Å². The first kappa shape index (κ1) is 12.5. The van der Waals surface area contributed by atoms with Crippen molar-refractivity contribution in [1.29, 1.82) is 0 Å². The van der Waals surface area contributed by atoms with E-state index in [4.69, 9.17) is 4.74 Å². The van der Waals surface area contributed by atoms with Crippen molar-refractivity contribution in [3.63, 3.8) is 0 Å². The molecule has 0 aliphatic rings. The van der Waals surface area contributed by atoms with Crippen LogP contribution in [0.3, 0.4) is 0 Å². The minimum atomic E-state index is -0.829. The molecule has 1 atom stereocenters. The lowest BCUT2D eigenvalue weighted by Gasteiger charge is -2.11. The molecule has 2 rings (SSSR count). The maximum atomic E-state index is 13.5. The highest BCUT2D eigenvalue weighted by atomic mass is 79.9. The number of rotatable bonds is 3. The average molecular weight is 317 g/mol. The first-order valence-corrected chi connectivity index (χ1v) is 6.55. The second kappa shape index (κ2) is 5.16. The third-order valence-electron chi connectivity index (χ3n) is 2.38. The van der Waals surface area contributed by atoms with E-state index in [1.54, 1.807) is 6.07 Å². The first-order valence-electron chi connectivity index (χ1n) is 4.88. The van der Waals surface area contributed by atoms with Gasteiger partial charge in [0.15, 0.2) is 11.6 Å². The summed E-state index contributed by atoms with van der Waals surface area (Å²) in [5, 5.41) is 12.0. The Morgan fingerprint density at radius 2 is 2.18 bits per heavy atom. The number of aliphatic hydroxyl groups excluding tert-OH is 1. The van der Waals surface area contributed by atoms with Gasteiger partial charge in [0, 0.05) is 4.47 Å². The van der Waals surface area contributed by atoms with Gasteiger partial charge in [0.25, 0.3) is 0 Å². The van der Waals surface area contributed by atoms with Crippen LogP contribution >= 0.6 is 27.3 Å². The molecule has 1 unspecified atom stereocenters. The van der Waals surface area contributed by atoms with Crippen LogP contribution in [0, 0.1) is 5.82 Å². The van der Waals surface area contributed by atoms with Crippen LogP contribution in [0.4, 0.5) is 4.39 Å². The van der Waals surface area contributed by atoms with E-state index in [0.717, 1.165) is 9.35 Å². The maximum Gasteiger partial charge on any atom is 0.165 e. The summed E-state index contributed by atoms with van der Waals surface area (Å²) < 4.78 is 19.2. The molecule has 0 saturated carbocycles. The molecule has 1 aromatic heterocycles. The number of ether oxygens (including phenoxy) is 1. The highest BCUT2D eigenvalue weighted by Gasteiger charge is 2.16. The fraction of sp³-hybridized carbons (Fsp3) is 0.167. The molecule has 17 heavy (non-hydrogen) atoms. The van der Waals surface area contributed by atoms with Crippen molar-refractivity contribution < 1.29 is 14.2 Å². The molecule has 0 amide bonds. The van der Waals surface area contributed by atoms with Crippen LogP contribution in [0.25, 0.3) is 0 Å². The Hall–Kier alpha value is -0.910. The van der Waals surface area contributed by atoms with Crippen LogP contribution in [0.2, 0.25) is 0 Å². The Kier molecular flexibility index (Phi) is 3.81. The SMILES string of the molecule is COc1ccc(C(O)c2sccc2Br)cc1F. The van der Waals surface area contributed by atoms with E-state index in [2.05, 4.69) is 15.9 Å². The van der Waals surface area contributed by atoms with Crippen LogP contribution in [0.5, 0.6) is 5.75 Å². The molecule has 90 valence electrons. The lowest BCUT2D eigenvalue weighted by atomic mass is 10.1. The van der Waals surface area contributed by atoms with Gasteiger partial charge in [-0.25, -0.2) is 4.39 Å². The van der Waals surface area contributed by atoms with E-state index in [-0.39, 0.29) is 5.75 Å². The van der Waals surface area contributed by atoms with Crippen molar-refractivity contribution in [2.45, 2.75) is 6.10 Å². The average Bonchev–Trinajstić information content (AvgIpc) is 2.74. The molecule has 0 aliphatic heterocycles. The Labute approximate surface area is 111 Å². The van der Waals surface area contributed by atoms with E-state index < -0.39 is 11.9 Å². The molecule has 0 aliphatic carbocycles. The van der Waals surface area contributed by atoms with Crippen molar-refractivity contribution in [1.82, 2.24) is 0 Å². The van der Waals surface area contributed by atoms with Gasteiger partial charge in [-0.2, -0.15) is 0 Å². The predicted molar refractivity (Wildman–Crippen MR) is 69.0 cm³/mol. The van der Waals surface area contributed by atoms with Crippen molar-refractivity contribution >= 4 is 27.3 Å². The normalized spacial score (nSPS) is 12.5. The zero-order valence-electron chi connectivity index (χ0n) is 8.98. The topological polar surface area (TPSA) is 29.5 Å². The van der Waals surface area contributed by atoms with Crippen LogP contribution in [0.15, 0.2) is 34.1 Å². The molecule has 2 nitrogen and oxygen atoms in total. The van der Waals surface area contributed by atoms with E-state index in [9.17, 15) is 9.50 Å². The lowest BCUT2D eigenvalue weighted by Crippen LogP contribution is -1.99. The molecule has 1 N–H and O–H groups in total. The second-order valence-corrected chi connectivity index (χ2v) is 5.23. The third-order valence-corrected chi connectivity index (χ3v) is 4.31. The first-order chi connectivity index (χ1) is 8.13. The fourth-order valence-electron chi connectivity index (χ4n) is 1.50. The molecule has 0 spiro atoms. The molecule has 0 radical (unpaired) electrons. The second-order valence-electron chi connectivity index (χ2n) is 3.43. The number of hydrogen-bond acceptors (Lipinski definition) is 3. The Morgan fingerprint density at radius 1 is 1.41 bits per heavy atom. The summed E-state index contributed by atoms with van der Waals surface area (Å²) in [5.74, 6) is -0.303. The molecule has 0 fully saturated rings. The highest BCUT2D eigenvalue weighted by Crippen LogP contribution is 2.34. The van der Waals surface area contributed by atoms with E-state index >= 15 is 0 Å². The number of benzene rings is 1. The Morgan fingerprint density at radius 3 is 2.71 bits per heavy atom.